The molecule has 1 atom stereocenters. The molecular weight excluding hydrogens is 324 g/mol. The Balaban J connectivity index is 1.95. The van der Waals surface area contributed by atoms with Gasteiger partial charge in [0.05, 0.1) is 10.9 Å². The summed E-state index contributed by atoms with van der Waals surface area (Å²) >= 11 is 5.75. The van der Waals surface area contributed by atoms with Crippen molar-refractivity contribution in [3.8, 4) is 0 Å². The van der Waals surface area contributed by atoms with Crippen LogP contribution in [0.5, 0.6) is 0 Å². The van der Waals surface area contributed by atoms with Gasteiger partial charge in [-0.15, -0.1) is 0 Å². The van der Waals surface area contributed by atoms with Crippen molar-refractivity contribution in [1.29, 1.82) is 0 Å². The van der Waals surface area contributed by atoms with Gasteiger partial charge in [0, 0.05) is 11.1 Å². The molecule has 1 aromatic rings. The maximum Gasteiger partial charge on any atom is 0.241 e. The Morgan fingerprint density at radius 1 is 1.18 bits per heavy atom. The zero-order valence-corrected chi connectivity index (χ0v) is 14.1. The number of halogens is 1. The number of carbonyl (C=O) groups is 1. The van der Waals surface area contributed by atoms with Gasteiger partial charge in [0.1, 0.15) is 0 Å². The number of nitrogens with one attached hydrogen (secondary N) is 2. The van der Waals surface area contributed by atoms with Gasteiger partial charge in [0.2, 0.25) is 15.9 Å². The van der Waals surface area contributed by atoms with Gasteiger partial charge in [-0.1, -0.05) is 30.9 Å². The van der Waals surface area contributed by atoms with Crippen LogP contribution >= 0.6 is 11.6 Å². The molecule has 0 radical (unpaired) electrons. The van der Waals surface area contributed by atoms with Crippen molar-refractivity contribution in [2.45, 2.75) is 56.0 Å². The molecule has 0 spiro atoms. The van der Waals surface area contributed by atoms with Gasteiger partial charge in [-0.25, -0.2) is 8.42 Å². The smallest absolute Gasteiger partial charge is 0.241 e. The van der Waals surface area contributed by atoms with Gasteiger partial charge in [-0.3, -0.25) is 4.79 Å². The zero-order valence-electron chi connectivity index (χ0n) is 12.5. The summed E-state index contributed by atoms with van der Waals surface area (Å²) in [5, 5.41) is 3.38. The van der Waals surface area contributed by atoms with E-state index in [2.05, 4.69) is 10.0 Å². The van der Waals surface area contributed by atoms with Gasteiger partial charge >= 0.3 is 0 Å². The summed E-state index contributed by atoms with van der Waals surface area (Å²) in [6, 6.07) is 5.17. The van der Waals surface area contributed by atoms with Crippen LogP contribution in [0.2, 0.25) is 5.02 Å². The molecule has 122 valence electrons. The number of carbonyl (C=O) groups excluding carboxylic acids is 1. The summed E-state index contributed by atoms with van der Waals surface area (Å²) < 4.78 is 26.8. The SMILES string of the molecule is C[C@H](NS(=O)(=O)c1ccc(Cl)cc1)C(=O)NC1CCCCC1. The van der Waals surface area contributed by atoms with Crippen molar-refractivity contribution in [3.63, 3.8) is 0 Å². The van der Waals surface area contributed by atoms with E-state index < -0.39 is 16.1 Å². The highest BCUT2D eigenvalue weighted by Gasteiger charge is 2.24. The van der Waals surface area contributed by atoms with Crippen LogP contribution in [0.15, 0.2) is 29.2 Å². The molecule has 0 unspecified atom stereocenters. The summed E-state index contributed by atoms with van der Waals surface area (Å²) in [5.74, 6) is -0.288. The van der Waals surface area contributed by atoms with Crippen LogP contribution in [0.4, 0.5) is 0 Å². The number of amides is 1. The minimum atomic E-state index is -3.73. The number of sulfonamides is 1. The van der Waals surface area contributed by atoms with Crippen LogP contribution in [0.1, 0.15) is 39.0 Å². The maximum atomic E-state index is 12.2. The quantitative estimate of drug-likeness (QED) is 0.861. The first-order valence-electron chi connectivity index (χ1n) is 7.47. The summed E-state index contributed by atoms with van der Waals surface area (Å²) in [6.07, 6.45) is 5.33. The molecule has 1 aliphatic rings. The zero-order chi connectivity index (χ0) is 16.2. The Hall–Kier alpha value is -1.11. The molecule has 1 aliphatic carbocycles. The summed E-state index contributed by atoms with van der Waals surface area (Å²) in [7, 11) is -3.73. The molecule has 7 heteroatoms. The molecule has 0 saturated heterocycles. The second-order valence-corrected chi connectivity index (χ2v) is 7.79. The van der Waals surface area contributed by atoms with Crippen LogP contribution < -0.4 is 10.0 Å². The van der Waals surface area contributed by atoms with E-state index in [0.29, 0.717) is 5.02 Å². The minimum Gasteiger partial charge on any atom is -0.352 e. The van der Waals surface area contributed by atoms with Crippen LogP contribution in [0, 0.1) is 0 Å². The summed E-state index contributed by atoms with van der Waals surface area (Å²) in [5.41, 5.74) is 0. The number of rotatable bonds is 5. The molecule has 0 aliphatic heterocycles. The predicted molar refractivity (Wildman–Crippen MR) is 86.3 cm³/mol. The van der Waals surface area contributed by atoms with Crippen molar-refractivity contribution in [3.05, 3.63) is 29.3 Å². The van der Waals surface area contributed by atoms with Gasteiger partial charge in [0.25, 0.3) is 0 Å². The molecule has 2 N–H and O–H groups in total. The third-order valence-corrected chi connectivity index (χ3v) is 5.61. The topological polar surface area (TPSA) is 75.3 Å². The van der Waals surface area contributed by atoms with E-state index in [1.165, 1.54) is 30.7 Å². The maximum absolute atomic E-state index is 12.2. The standard InChI is InChI=1S/C15H21ClN2O3S/c1-11(15(19)17-13-5-3-2-4-6-13)18-22(20,21)14-9-7-12(16)8-10-14/h7-11,13,18H,2-6H2,1H3,(H,17,19)/t11-/m0/s1. The molecule has 5 nitrogen and oxygen atoms in total. The lowest BCUT2D eigenvalue weighted by molar-refractivity contribution is -0.123. The van der Waals surface area contributed by atoms with E-state index in [-0.39, 0.29) is 16.8 Å². The van der Waals surface area contributed by atoms with Crippen LogP contribution in [0.3, 0.4) is 0 Å². The molecule has 22 heavy (non-hydrogen) atoms. The summed E-state index contributed by atoms with van der Waals surface area (Å²) in [6.45, 7) is 1.55. The second-order valence-electron chi connectivity index (χ2n) is 5.64. The number of hydrogen-bond acceptors (Lipinski definition) is 3. The number of hydrogen-bond donors (Lipinski definition) is 2. The molecule has 2 rings (SSSR count). The Morgan fingerprint density at radius 2 is 1.77 bits per heavy atom. The monoisotopic (exact) mass is 344 g/mol. The van der Waals surface area contributed by atoms with E-state index in [4.69, 9.17) is 11.6 Å². The number of benzene rings is 1. The molecule has 1 saturated carbocycles. The van der Waals surface area contributed by atoms with E-state index in [1.807, 2.05) is 0 Å². The van der Waals surface area contributed by atoms with Crippen LogP contribution in [-0.4, -0.2) is 26.4 Å². The van der Waals surface area contributed by atoms with Crippen LogP contribution in [0.25, 0.3) is 0 Å². The van der Waals surface area contributed by atoms with Crippen molar-refractivity contribution in [2.24, 2.45) is 0 Å². The van der Waals surface area contributed by atoms with E-state index in [9.17, 15) is 13.2 Å². The third kappa shape index (κ3) is 4.69. The van der Waals surface area contributed by atoms with Crippen molar-refractivity contribution < 1.29 is 13.2 Å². The van der Waals surface area contributed by atoms with E-state index in [1.54, 1.807) is 6.92 Å². The Morgan fingerprint density at radius 3 is 2.36 bits per heavy atom. The largest absolute Gasteiger partial charge is 0.352 e. The first-order chi connectivity index (χ1) is 10.4. The van der Waals surface area contributed by atoms with Gasteiger partial charge in [-0.05, 0) is 44.0 Å². The fraction of sp³-hybridized carbons (Fsp3) is 0.533. The average Bonchev–Trinajstić information content (AvgIpc) is 2.48. The van der Waals surface area contributed by atoms with E-state index >= 15 is 0 Å². The fourth-order valence-electron chi connectivity index (χ4n) is 2.54. The third-order valence-electron chi connectivity index (χ3n) is 3.80. The Labute approximate surface area is 136 Å². The highest BCUT2D eigenvalue weighted by molar-refractivity contribution is 7.89. The highest BCUT2D eigenvalue weighted by atomic mass is 35.5. The molecular formula is C15H21ClN2O3S. The lowest BCUT2D eigenvalue weighted by Crippen LogP contribution is -2.48. The van der Waals surface area contributed by atoms with Crippen molar-refractivity contribution in [2.75, 3.05) is 0 Å². The van der Waals surface area contributed by atoms with Gasteiger partial charge in [-0.2, -0.15) is 4.72 Å². The fourth-order valence-corrected chi connectivity index (χ4v) is 3.87. The lowest BCUT2D eigenvalue weighted by Gasteiger charge is -2.24. The molecule has 0 heterocycles. The Bertz CT molecular complexity index is 610. The average molecular weight is 345 g/mol. The minimum absolute atomic E-state index is 0.0919. The second kappa shape index (κ2) is 7.44. The molecule has 0 bridgehead atoms. The van der Waals surface area contributed by atoms with E-state index in [0.717, 1.165) is 25.7 Å². The molecule has 1 aromatic carbocycles. The first-order valence-corrected chi connectivity index (χ1v) is 9.33. The normalized spacial score (nSPS) is 17.9. The highest BCUT2D eigenvalue weighted by Crippen LogP contribution is 2.18. The van der Waals surface area contributed by atoms with Gasteiger partial charge < -0.3 is 5.32 Å². The van der Waals surface area contributed by atoms with Gasteiger partial charge in [0.15, 0.2) is 0 Å². The van der Waals surface area contributed by atoms with Crippen molar-refractivity contribution >= 4 is 27.5 Å². The van der Waals surface area contributed by atoms with Crippen molar-refractivity contribution in [1.82, 2.24) is 10.0 Å². The predicted octanol–water partition coefficient (Wildman–Crippen LogP) is 2.46. The summed E-state index contributed by atoms with van der Waals surface area (Å²) in [4.78, 5) is 12.2. The lowest BCUT2D eigenvalue weighted by atomic mass is 9.95. The first kappa shape index (κ1) is 17.2. The van der Waals surface area contributed by atoms with Crippen LogP contribution in [-0.2, 0) is 14.8 Å². The Kier molecular flexibility index (Phi) is 5.83. The molecule has 1 amide bonds. The molecule has 0 aromatic heterocycles. The molecule has 1 fully saturated rings.